The Labute approximate surface area is 153 Å². The summed E-state index contributed by atoms with van der Waals surface area (Å²) in [4.78, 5) is 12.1. The van der Waals surface area contributed by atoms with E-state index in [0.717, 1.165) is 5.56 Å². The van der Waals surface area contributed by atoms with Crippen molar-refractivity contribution in [3.8, 4) is 0 Å². The third-order valence-electron chi connectivity index (χ3n) is 3.76. The molecule has 0 aromatic heterocycles. The fourth-order valence-corrected chi connectivity index (χ4v) is 2.61. The van der Waals surface area contributed by atoms with Crippen LogP contribution < -0.4 is 5.32 Å². The van der Waals surface area contributed by atoms with Crippen molar-refractivity contribution in [2.75, 3.05) is 5.32 Å². The van der Waals surface area contributed by atoms with Crippen LogP contribution in [0, 0.1) is 5.82 Å². The van der Waals surface area contributed by atoms with E-state index in [-0.39, 0.29) is 5.82 Å². The van der Waals surface area contributed by atoms with Crippen molar-refractivity contribution in [1.29, 1.82) is 0 Å². The molecule has 1 amide bonds. The standard InChI is InChI=1S/C21H24FNO3/c1-5-16(14-10-12-15(22)13-11-14)19(24)17-8-6-7-9-18(17)23-20(25)26-21(2,3)4/h5-13,16,19,24H,1H2,2-4H3,(H,23,25)/t16-,19+/m1/s1. The first-order valence-electron chi connectivity index (χ1n) is 8.36. The van der Waals surface area contributed by atoms with E-state index in [0.29, 0.717) is 11.3 Å². The number of para-hydroxylation sites is 1. The van der Waals surface area contributed by atoms with E-state index < -0.39 is 23.7 Å². The molecule has 0 bridgehead atoms. The zero-order chi connectivity index (χ0) is 19.3. The van der Waals surface area contributed by atoms with Crippen molar-refractivity contribution in [3.05, 3.63) is 78.1 Å². The van der Waals surface area contributed by atoms with Gasteiger partial charge in [0.25, 0.3) is 0 Å². The van der Waals surface area contributed by atoms with Crippen LogP contribution in [0.3, 0.4) is 0 Å². The summed E-state index contributed by atoms with van der Waals surface area (Å²) in [6.45, 7) is 9.10. The third kappa shape index (κ3) is 5.17. The van der Waals surface area contributed by atoms with Gasteiger partial charge in [-0.1, -0.05) is 36.4 Å². The maximum Gasteiger partial charge on any atom is 0.412 e. The number of aliphatic hydroxyl groups is 1. The van der Waals surface area contributed by atoms with Gasteiger partial charge in [-0.15, -0.1) is 6.58 Å². The van der Waals surface area contributed by atoms with E-state index in [2.05, 4.69) is 11.9 Å². The second kappa shape index (κ2) is 8.15. The second-order valence-corrected chi connectivity index (χ2v) is 6.97. The molecule has 26 heavy (non-hydrogen) atoms. The molecule has 0 saturated carbocycles. The molecule has 0 radical (unpaired) electrons. The topological polar surface area (TPSA) is 58.6 Å². The van der Waals surface area contributed by atoms with E-state index in [1.165, 1.54) is 12.1 Å². The van der Waals surface area contributed by atoms with Gasteiger partial charge in [0.05, 0.1) is 6.10 Å². The van der Waals surface area contributed by atoms with Crippen LogP contribution in [-0.4, -0.2) is 16.8 Å². The molecule has 2 aromatic rings. The smallest absolute Gasteiger partial charge is 0.412 e. The van der Waals surface area contributed by atoms with E-state index >= 15 is 0 Å². The van der Waals surface area contributed by atoms with Gasteiger partial charge in [-0.05, 0) is 44.5 Å². The van der Waals surface area contributed by atoms with Gasteiger partial charge < -0.3 is 9.84 Å². The number of rotatable bonds is 5. The van der Waals surface area contributed by atoms with Crippen molar-refractivity contribution in [2.24, 2.45) is 0 Å². The lowest BCUT2D eigenvalue weighted by Gasteiger charge is -2.24. The third-order valence-corrected chi connectivity index (χ3v) is 3.76. The highest BCUT2D eigenvalue weighted by Gasteiger charge is 2.24. The number of nitrogens with one attached hydrogen (secondary N) is 1. The second-order valence-electron chi connectivity index (χ2n) is 6.97. The minimum Gasteiger partial charge on any atom is -0.444 e. The first kappa shape index (κ1) is 19.7. The van der Waals surface area contributed by atoms with Crippen LogP contribution in [0.1, 0.15) is 43.9 Å². The zero-order valence-corrected chi connectivity index (χ0v) is 15.2. The lowest BCUT2D eigenvalue weighted by atomic mass is 9.88. The van der Waals surface area contributed by atoms with Gasteiger partial charge in [0.1, 0.15) is 11.4 Å². The summed E-state index contributed by atoms with van der Waals surface area (Å²) >= 11 is 0. The van der Waals surface area contributed by atoms with Crippen LogP contribution in [0.4, 0.5) is 14.9 Å². The number of anilines is 1. The Kier molecular flexibility index (Phi) is 6.16. The average molecular weight is 357 g/mol. The fourth-order valence-electron chi connectivity index (χ4n) is 2.61. The number of hydrogen-bond acceptors (Lipinski definition) is 3. The molecule has 0 aliphatic rings. The molecule has 5 heteroatoms. The van der Waals surface area contributed by atoms with Crippen molar-refractivity contribution < 1.29 is 19.0 Å². The summed E-state index contributed by atoms with van der Waals surface area (Å²) in [5.41, 5.74) is 1.06. The Morgan fingerprint density at radius 2 is 1.81 bits per heavy atom. The molecule has 0 spiro atoms. The zero-order valence-electron chi connectivity index (χ0n) is 15.2. The molecule has 2 aromatic carbocycles. The summed E-state index contributed by atoms with van der Waals surface area (Å²) in [6.07, 6.45) is 0.0282. The molecule has 0 heterocycles. The first-order chi connectivity index (χ1) is 12.2. The minimum absolute atomic E-state index is 0.349. The molecule has 138 valence electrons. The lowest BCUT2D eigenvalue weighted by molar-refractivity contribution is 0.0635. The predicted octanol–water partition coefficient (Wildman–Crippen LogP) is 5.18. The van der Waals surface area contributed by atoms with E-state index in [1.807, 2.05) is 0 Å². The largest absolute Gasteiger partial charge is 0.444 e. The monoisotopic (exact) mass is 357 g/mol. The van der Waals surface area contributed by atoms with Crippen LogP contribution >= 0.6 is 0 Å². The Bertz CT molecular complexity index is 766. The first-order valence-corrected chi connectivity index (χ1v) is 8.36. The average Bonchev–Trinajstić information content (AvgIpc) is 2.56. The highest BCUT2D eigenvalue weighted by molar-refractivity contribution is 5.86. The maximum atomic E-state index is 13.2. The molecule has 2 atom stereocenters. The van der Waals surface area contributed by atoms with Gasteiger partial charge in [0, 0.05) is 17.2 Å². The minimum atomic E-state index is -0.968. The molecule has 4 nitrogen and oxygen atoms in total. The van der Waals surface area contributed by atoms with Gasteiger partial charge in [0.15, 0.2) is 0 Å². The van der Waals surface area contributed by atoms with E-state index in [1.54, 1.807) is 63.2 Å². The van der Waals surface area contributed by atoms with Crippen molar-refractivity contribution >= 4 is 11.8 Å². The summed E-state index contributed by atoms with van der Waals surface area (Å²) in [5.74, 6) is -0.810. The summed E-state index contributed by atoms with van der Waals surface area (Å²) < 4.78 is 18.4. The van der Waals surface area contributed by atoms with Crippen LogP contribution in [0.15, 0.2) is 61.2 Å². The van der Waals surface area contributed by atoms with Crippen LogP contribution in [0.2, 0.25) is 0 Å². The number of ether oxygens (including phenoxy) is 1. The van der Waals surface area contributed by atoms with Crippen molar-refractivity contribution in [3.63, 3.8) is 0 Å². The number of benzene rings is 2. The van der Waals surface area contributed by atoms with E-state index in [4.69, 9.17) is 4.74 Å². The predicted molar refractivity (Wildman–Crippen MR) is 101 cm³/mol. The Balaban J connectivity index is 2.28. The van der Waals surface area contributed by atoms with Crippen LogP contribution in [0.5, 0.6) is 0 Å². The molecule has 2 N–H and O–H groups in total. The Morgan fingerprint density at radius 3 is 2.38 bits per heavy atom. The Morgan fingerprint density at radius 1 is 1.19 bits per heavy atom. The molecular weight excluding hydrogens is 333 g/mol. The highest BCUT2D eigenvalue weighted by Crippen LogP contribution is 2.35. The molecule has 0 saturated heterocycles. The molecular formula is C21H24FNO3. The summed E-state index contributed by atoms with van der Waals surface area (Å²) in [5, 5.41) is 13.5. The number of carbonyl (C=O) groups is 1. The number of amides is 1. The van der Waals surface area contributed by atoms with Gasteiger partial charge in [-0.2, -0.15) is 0 Å². The molecule has 0 fully saturated rings. The van der Waals surface area contributed by atoms with Crippen LogP contribution in [0.25, 0.3) is 0 Å². The van der Waals surface area contributed by atoms with Gasteiger partial charge in [-0.25, -0.2) is 9.18 Å². The lowest BCUT2D eigenvalue weighted by Crippen LogP contribution is -2.27. The van der Waals surface area contributed by atoms with Crippen molar-refractivity contribution in [1.82, 2.24) is 0 Å². The summed E-state index contributed by atoms with van der Waals surface area (Å²) in [6, 6.07) is 12.8. The number of halogens is 1. The normalized spacial score (nSPS) is 13.6. The summed E-state index contributed by atoms with van der Waals surface area (Å²) in [7, 11) is 0. The quantitative estimate of drug-likeness (QED) is 0.725. The van der Waals surface area contributed by atoms with Gasteiger partial charge >= 0.3 is 6.09 Å². The number of aliphatic hydroxyl groups excluding tert-OH is 1. The molecule has 0 unspecified atom stereocenters. The molecule has 2 rings (SSSR count). The maximum absolute atomic E-state index is 13.2. The molecule has 0 aliphatic carbocycles. The van der Waals surface area contributed by atoms with E-state index in [9.17, 15) is 14.3 Å². The fraction of sp³-hybridized carbons (Fsp3) is 0.286. The molecule has 0 aliphatic heterocycles. The van der Waals surface area contributed by atoms with Gasteiger partial charge in [-0.3, -0.25) is 5.32 Å². The number of hydrogen-bond donors (Lipinski definition) is 2. The van der Waals surface area contributed by atoms with Crippen LogP contribution in [-0.2, 0) is 4.74 Å². The van der Waals surface area contributed by atoms with Gasteiger partial charge in [0.2, 0.25) is 0 Å². The highest BCUT2D eigenvalue weighted by atomic mass is 19.1. The number of carbonyl (C=O) groups excluding carboxylic acids is 1. The SMILES string of the molecule is C=C[C@H](c1ccc(F)cc1)[C@H](O)c1ccccc1NC(=O)OC(C)(C)C. The Hall–Kier alpha value is -2.66. The van der Waals surface area contributed by atoms with Crippen molar-refractivity contribution in [2.45, 2.75) is 38.4 Å².